The zero-order chi connectivity index (χ0) is 17.1. The average Bonchev–Trinajstić information content (AvgIpc) is 2.91. The minimum Gasteiger partial charge on any atom is -0.309 e. The number of hydrogen-bond donors (Lipinski definition) is 0. The summed E-state index contributed by atoms with van der Waals surface area (Å²) in [5.74, 6) is 0. The third-order valence-electron chi connectivity index (χ3n) is 4.64. The molecule has 0 saturated heterocycles. The predicted molar refractivity (Wildman–Crippen MR) is 97.0 cm³/mol. The van der Waals surface area contributed by atoms with Crippen molar-refractivity contribution in [2.75, 3.05) is 20.6 Å². The molecule has 5 heteroatoms. The Balaban J connectivity index is 2.08. The molecule has 2 heterocycles. The highest BCUT2D eigenvalue weighted by Gasteiger charge is 2.31. The number of benzene rings is 2. The number of nitrogens with zero attached hydrogens (tertiary/aromatic N) is 2. The minimum absolute atomic E-state index is 0.388. The maximum Gasteiger partial charge on any atom is 0.268 e. The van der Waals surface area contributed by atoms with Crippen LogP contribution in [0, 0.1) is 6.92 Å². The Morgan fingerprint density at radius 3 is 2.58 bits per heavy atom. The lowest BCUT2D eigenvalue weighted by Crippen LogP contribution is -2.17. The van der Waals surface area contributed by atoms with E-state index in [1.807, 2.05) is 32.4 Å². The zero-order valence-corrected chi connectivity index (χ0v) is 14.9. The summed E-state index contributed by atoms with van der Waals surface area (Å²) in [7, 11) is 0.521. The van der Waals surface area contributed by atoms with Crippen molar-refractivity contribution in [2.45, 2.75) is 18.2 Å². The van der Waals surface area contributed by atoms with E-state index >= 15 is 0 Å². The van der Waals surface area contributed by atoms with Crippen LogP contribution in [0.2, 0.25) is 0 Å². The zero-order valence-electron chi connectivity index (χ0n) is 14.1. The van der Waals surface area contributed by atoms with E-state index in [1.165, 1.54) is 3.97 Å². The van der Waals surface area contributed by atoms with Crippen molar-refractivity contribution >= 4 is 20.9 Å². The van der Waals surface area contributed by atoms with Gasteiger partial charge >= 0.3 is 0 Å². The van der Waals surface area contributed by atoms with Crippen LogP contribution >= 0.6 is 0 Å². The minimum atomic E-state index is -3.54. The first-order valence-corrected chi connectivity index (χ1v) is 9.48. The monoisotopic (exact) mass is 340 g/mol. The molecule has 0 radical (unpaired) electrons. The molecule has 0 saturated carbocycles. The molecule has 24 heavy (non-hydrogen) atoms. The third-order valence-corrected chi connectivity index (χ3v) is 6.35. The number of fused-ring (bicyclic) bond motifs is 2. The summed E-state index contributed by atoms with van der Waals surface area (Å²) in [5, 5.41) is 1.05. The molecular weight excluding hydrogens is 320 g/mol. The van der Waals surface area contributed by atoms with Crippen molar-refractivity contribution < 1.29 is 8.42 Å². The van der Waals surface area contributed by atoms with Crippen LogP contribution in [0.25, 0.3) is 22.0 Å². The Kier molecular flexibility index (Phi) is 3.34. The van der Waals surface area contributed by atoms with Crippen LogP contribution in [-0.2, 0) is 16.4 Å². The van der Waals surface area contributed by atoms with Crippen molar-refractivity contribution in [3.8, 4) is 11.1 Å². The molecule has 4 nitrogen and oxygen atoms in total. The lowest BCUT2D eigenvalue weighted by molar-refractivity contribution is 0.414. The van der Waals surface area contributed by atoms with E-state index < -0.39 is 10.0 Å². The van der Waals surface area contributed by atoms with Gasteiger partial charge in [0.1, 0.15) is 0 Å². The smallest absolute Gasteiger partial charge is 0.268 e. The van der Waals surface area contributed by atoms with Gasteiger partial charge in [-0.3, -0.25) is 0 Å². The fourth-order valence-electron chi connectivity index (χ4n) is 3.49. The second-order valence-corrected chi connectivity index (χ2v) is 8.50. The van der Waals surface area contributed by atoms with Gasteiger partial charge in [-0.1, -0.05) is 18.2 Å². The Hall–Kier alpha value is -2.11. The van der Waals surface area contributed by atoms with Crippen molar-refractivity contribution in [1.82, 2.24) is 8.87 Å². The molecular formula is C19H20N2O2S. The topological polar surface area (TPSA) is 42.3 Å². The number of rotatable bonds is 3. The van der Waals surface area contributed by atoms with Gasteiger partial charge in [0.15, 0.2) is 0 Å². The second-order valence-electron chi connectivity index (χ2n) is 6.71. The first-order valence-electron chi connectivity index (χ1n) is 8.04. The summed E-state index contributed by atoms with van der Waals surface area (Å²) in [6, 6.07) is 11.5. The largest absolute Gasteiger partial charge is 0.309 e. The predicted octanol–water partition coefficient (Wildman–Crippen LogP) is 3.27. The molecule has 2 aromatic carbocycles. The SMILES string of the molecule is Cc1cc2c3c(c1)c(CCN(C)C)cn3S(=O)(=O)c1ccccc1-2. The molecule has 124 valence electrons. The molecule has 0 spiro atoms. The van der Waals surface area contributed by atoms with Gasteiger partial charge in [0.05, 0.1) is 10.4 Å². The summed E-state index contributed by atoms with van der Waals surface area (Å²) >= 11 is 0. The van der Waals surface area contributed by atoms with E-state index in [1.54, 1.807) is 12.1 Å². The molecule has 4 rings (SSSR count). The van der Waals surface area contributed by atoms with Gasteiger partial charge in [0.25, 0.3) is 10.0 Å². The van der Waals surface area contributed by atoms with E-state index in [0.717, 1.165) is 46.1 Å². The second kappa shape index (κ2) is 5.19. The summed E-state index contributed by atoms with van der Waals surface area (Å²) in [4.78, 5) is 2.50. The summed E-state index contributed by atoms with van der Waals surface area (Å²) in [6.07, 6.45) is 2.63. The van der Waals surface area contributed by atoms with Gasteiger partial charge in [0, 0.05) is 29.3 Å². The van der Waals surface area contributed by atoms with Crippen LogP contribution in [-0.4, -0.2) is 37.9 Å². The molecule has 1 aliphatic heterocycles. The molecule has 0 N–H and O–H groups in total. The van der Waals surface area contributed by atoms with Crippen LogP contribution in [0.3, 0.4) is 0 Å². The standard InChI is InChI=1S/C19H20N2O2S/c1-13-10-16-14(8-9-20(2)3)12-21-19(16)17(11-13)15-6-4-5-7-18(15)24(21,22)23/h4-7,10-12H,8-9H2,1-3H3. The Morgan fingerprint density at radius 1 is 1.08 bits per heavy atom. The summed E-state index contributed by atoms with van der Waals surface area (Å²) in [5.41, 5.74) is 4.85. The van der Waals surface area contributed by atoms with Crippen molar-refractivity contribution in [3.63, 3.8) is 0 Å². The van der Waals surface area contributed by atoms with Crippen LogP contribution in [0.15, 0.2) is 47.5 Å². The van der Waals surface area contributed by atoms with Crippen LogP contribution in [0.4, 0.5) is 0 Å². The Bertz CT molecular complexity index is 1060. The van der Waals surface area contributed by atoms with Gasteiger partial charge in [-0.25, -0.2) is 12.4 Å². The van der Waals surface area contributed by atoms with E-state index in [2.05, 4.69) is 24.0 Å². The highest BCUT2D eigenvalue weighted by atomic mass is 32.2. The molecule has 0 aliphatic carbocycles. The number of aromatic nitrogens is 1. The third kappa shape index (κ3) is 2.12. The highest BCUT2D eigenvalue weighted by Crippen LogP contribution is 2.42. The van der Waals surface area contributed by atoms with E-state index in [0.29, 0.717) is 4.90 Å². The normalized spacial score (nSPS) is 15.0. The van der Waals surface area contributed by atoms with Gasteiger partial charge in [-0.15, -0.1) is 0 Å². The van der Waals surface area contributed by atoms with Crippen molar-refractivity contribution in [1.29, 1.82) is 0 Å². The van der Waals surface area contributed by atoms with Crippen LogP contribution in [0.1, 0.15) is 11.1 Å². The quantitative estimate of drug-likeness (QED) is 0.575. The van der Waals surface area contributed by atoms with Crippen molar-refractivity contribution in [2.24, 2.45) is 0 Å². The molecule has 0 fully saturated rings. The number of hydrogen-bond acceptors (Lipinski definition) is 3. The fourth-order valence-corrected chi connectivity index (χ4v) is 5.12. The van der Waals surface area contributed by atoms with E-state index in [9.17, 15) is 8.42 Å². The maximum absolute atomic E-state index is 13.1. The molecule has 0 amide bonds. The summed E-state index contributed by atoms with van der Waals surface area (Å²) in [6.45, 7) is 2.95. The molecule has 0 unspecified atom stereocenters. The lowest BCUT2D eigenvalue weighted by atomic mass is 9.98. The number of aryl methyl sites for hydroxylation is 1. The van der Waals surface area contributed by atoms with Gasteiger partial charge < -0.3 is 4.90 Å². The fraction of sp³-hybridized carbons (Fsp3) is 0.263. The Morgan fingerprint density at radius 2 is 1.83 bits per heavy atom. The Labute approximate surface area is 142 Å². The lowest BCUT2D eigenvalue weighted by Gasteiger charge is -2.20. The van der Waals surface area contributed by atoms with Crippen LogP contribution in [0.5, 0.6) is 0 Å². The maximum atomic E-state index is 13.1. The number of likely N-dealkylation sites (N-methyl/N-ethyl adjacent to an activating group) is 1. The van der Waals surface area contributed by atoms with Gasteiger partial charge in [0.2, 0.25) is 0 Å². The van der Waals surface area contributed by atoms with Gasteiger partial charge in [-0.2, -0.15) is 0 Å². The molecule has 1 aromatic heterocycles. The molecule has 0 atom stereocenters. The highest BCUT2D eigenvalue weighted by molar-refractivity contribution is 7.90. The molecule has 3 aromatic rings. The molecule has 1 aliphatic rings. The molecule has 0 bridgehead atoms. The van der Waals surface area contributed by atoms with Crippen LogP contribution < -0.4 is 0 Å². The first-order chi connectivity index (χ1) is 11.4. The summed E-state index contributed by atoms with van der Waals surface area (Å²) < 4.78 is 27.6. The van der Waals surface area contributed by atoms with Crippen molar-refractivity contribution in [3.05, 3.63) is 53.7 Å². The average molecular weight is 340 g/mol. The van der Waals surface area contributed by atoms with E-state index in [-0.39, 0.29) is 0 Å². The first kappa shape index (κ1) is 15.4. The van der Waals surface area contributed by atoms with E-state index in [4.69, 9.17) is 0 Å². The van der Waals surface area contributed by atoms with Gasteiger partial charge in [-0.05, 0) is 56.8 Å².